The van der Waals surface area contributed by atoms with Crippen molar-refractivity contribution < 1.29 is 5.11 Å². The summed E-state index contributed by atoms with van der Waals surface area (Å²) in [5.41, 5.74) is 1.58. The van der Waals surface area contributed by atoms with Gasteiger partial charge in [-0.2, -0.15) is 5.10 Å². The molecular weight excluding hydrogens is 226 g/mol. The van der Waals surface area contributed by atoms with Crippen LogP contribution in [0.4, 0.5) is 0 Å². The van der Waals surface area contributed by atoms with Crippen LogP contribution in [0.25, 0.3) is 0 Å². The van der Waals surface area contributed by atoms with E-state index >= 15 is 0 Å². The monoisotopic (exact) mass is 251 g/mol. The van der Waals surface area contributed by atoms with Crippen LogP contribution in [-0.4, -0.2) is 33.6 Å². The summed E-state index contributed by atoms with van der Waals surface area (Å²) in [4.78, 5) is 0. The van der Waals surface area contributed by atoms with E-state index in [0.29, 0.717) is 12.3 Å². The van der Waals surface area contributed by atoms with Gasteiger partial charge in [0.1, 0.15) is 0 Å². The maximum atomic E-state index is 10.7. The molecule has 1 saturated heterocycles. The van der Waals surface area contributed by atoms with Gasteiger partial charge in [-0.15, -0.1) is 0 Å². The maximum absolute atomic E-state index is 10.7. The highest BCUT2D eigenvalue weighted by Gasteiger charge is 2.33. The lowest BCUT2D eigenvalue weighted by Gasteiger charge is -2.36. The second-order valence-electron chi connectivity index (χ2n) is 5.68. The summed E-state index contributed by atoms with van der Waals surface area (Å²) >= 11 is 0. The summed E-state index contributed by atoms with van der Waals surface area (Å²) in [6.45, 7) is 6.07. The molecule has 102 valence electrons. The van der Waals surface area contributed by atoms with Crippen molar-refractivity contribution in [2.45, 2.75) is 45.1 Å². The molecular formula is C14H25N3O. The van der Waals surface area contributed by atoms with Crippen LogP contribution in [-0.2, 0) is 19.9 Å². The Morgan fingerprint density at radius 3 is 2.94 bits per heavy atom. The fourth-order valence-electron chi connectivity index (χ4n) is 2.80. The molecule has 18 heavy (non-hydrogen) atoms. The highest BCUT2D eigenvalue weighted by atomic mass is 16.3. The molecule has 0 radical (unpaired) electrons. The van der Waals surface area contributed by atoms with Crippen molar-refractivity contribution in [1.82, 2.24) is 15.1 Å². The van der Waals surface area contributed by atoms with E-state index in [2.05, 4.69) is 23.4 Å². The SMILES string of the molecule is CCc1cc(CC(C)(O)C2CCCNC2)n(C)n1. The van der Waals surface area contributed by atoms with Gasteiger partial charge in [-0.05, 0) is 38.8 Å². The molecule has 0 spiro atoms. The van der Waals surface area contributed by atoms with E-state index in [4.69, 9.17) is 0 Å². The minimum Gasteiger partial charge on any atom is -0.389 e. The van der Waals surface area contributed by atoms with Gasteiger partial charge in [0, 0.05) is 31.6 Å². The third-order valence-electron chi connectivity index (χ3n) is 4.10. The summed E-state index contributed by atoms with van der Waals surface area (Å²) in [5, 5.41) is 18.5. The first-order valence-electron chi connectivity index (χ1n) is 6.98. The minimum atomic E-state index is -0.647. The van der Waals surface area contributed by atoms with E-state index in [1.807, 2.05) is 18.7 Å². The third-order valence-corrected chi connectivity index (χ3v) is 4.10. The highest BCUT2D eigenvalue weighted by Crippen LogP contribution is 2.27. The Hall–Kier alpha value is -0.870. The summed E-state index contributed by atoms with van der Waals surface area (Å²) < 4.78 is 1.91. The van der Waals surface area contributed by atoms with Gasteiger partial charge in [0.2, 0.25) is 0 Å². The summed E-state index contributed by atoms with van der Waals surface area (Å²) in [7, 11) is 1.96. The molecule has 1 fully saturated rings. The molecule has 1 aliphatic heterocycles. The third kappa shape index (κ3) is 2.93. The zero-order valence-electron chi connectivity index (χ0n) is 11.7. The molecule has 4 nitrogen and oxygen atoms in total. The van der Waals surface area contributed by atoms with E-state index in [-0.39, 0.29) is 0 Å². The van der Waals surface area contributed by atoms with Crippen molar-refractivity contribution in [3.8, 4) is 0 Å². The van der Waals surface area contributed by atoms with Crippen molar-refractivity contribution in [1.29, 1.82) is 0 Å². The summed E-state index contributed by atoms with van der Waals surface area (Å²) in [5.74, 6) is 0.339. The number of hydrogen-bond donors (Lipinski definition) is 2. The number of nitrogens with one attached hydrogen (secondary N) is 1. The Kier molecular flexibility index (Phi) is 4.07. The Balaban J connectivity index is 2.07. The van der Waals surface area contributed by atoms with Gasteiger partial charge in [0.15, 0.2) is 0 Å². The minimum absolute atomic E-state index is 0.339. The zero-order valence-corrected chi connectivity index (χ0v) is 11.7. The van der Waals surface area contributed by atoms with E-state index < -0.39 is 5.60 Å². The van der Waals surface area contributed by atoms with Crippen LogP contribution in [0.5, 0.6) is 0 Å². The number of nitrogens with zero attached hydrogens (tertiary/aromatic N) is 2. The standard InChI is InChI=1S/C14H25N3O/c1-4-12-8-13(17(3)16-12)9-14(2,18)11-6-5-7-15-10-11/h8,11,15,18H,4-7,9-10H2,1-3H3. The number of hydrogen-bond acceptors (Lipinski definition) is 3. The first-order valence-corrected chi connectivity index (χ1v) is 6.98. The Morgan fingerprint density at radius 1 is 1.61 bits per heavy atom. The molecule has 0 bridgehead atoms. The van der Waals surface area contributed by atoms with Gasteiger partial charge in [0.05, 0.1) is 11.3 Å². The van der Waals surface area contributed by atoms with Crippen LogP contribution in [0.15, 0.2) is 6.07 Å². The lowest BCUT2D eigenvalue weighted by Crippen LogP contribution is -2.45. The lowest BCUT2D eigenvalue weighted by atomic mass is 9.80. The first kappa shape index (κ1) is 13.6. The Morgan fingerprint density at radius 2 is 2.39 bits per heavy atom. The van der Waals surface area contributed by atoms with Gasteiger partial charge in [0.25, 0.3) is 0 Å². The second-order valence-corrected chi connectivity index (χ2v) is 5.68. The average molecular weight is 251 g/mol. The quantitative estimate of drug-likeness (QED) is 0.847. The van der Waals surface area contributed by atoms with Crippen LogP contribution >= 0.6 is 0 Å². The molecule has 2 atom stereocenters. The molecule has 1 aliphatic rings. The number of piperidine rings is 1. The predicted octanol–water partition coefficient (Wildman–Crippen LogP) is 1.28. The van der Waals surface area contributed by atoms with Gasteiger partial charge in [-0.3, -0.25) is 4.68 Å². The second kappa shape index (κ2) is 5.41. The molecule has 0 saturated carbocycles. The predicted molar refractivity (Wildman–Crippen MR) is 72.5 cm³/mol. The fourth-order valence-corrected chi connectivity index (χ4v) is 2.80. The first-order chi connectivity index (χ1) is 8.53. The normalized spacial score (nSPS) is 23.9. The van der Waals surface area contributed by atoms with Gasteiger partial charge in [-0.25, -0.2) is 0 Å². The van der Waals surface area contributed by atoms with Crippen molar-refractivity contribution in [3.63, 3.8) is 0 Å². The molecule has 2 rings (SSSR count). The van der Waals surface area contributed by atoms with Gasteiger partial charge in [-0.1, -0.05) is 6.92 Å². The number of aromatic nitrogens is 2. The largest absolute Gasteiger partial charge is 0.389 e. The molecule has 2 N–H and O–H groups in total. The van der Waals surface area contributed by atoms with Crippen LogP contribution in [0, 0.1) is 5.92 Å². The molecule has 1 aromatic heterocycles. The van der Waals surface area contributed by atoms with E-state index in [9.17, 15) is 5.11 Å². The molecule has 0 aromatic carbocycles. The number of aryl methyl sites for hydroxylation is 2. The van der Waals surface area contributed by atoms with Crippen molar-refractivity contribution in [2.75, 3.05) is 13.1 Å². The van der Waals surface area contributed by atoms with E-state index in [1.165, 1.54) is 0 Å². The summed E-state index contributed by atoms with van der Waals surface area (Å²) in [6.07, 6.45) is 3.90. The van der Waals surface area contributed by atoms with Crippen LogP contribution in [0.1, 0.15) is 38.1 Å². The average Bonchev–Trinajstić information content (AvgIpc) is 2.71. The highest BCUT2D eigenvalue weighted by molar-refractivity contribution is 5.13. The molecule has 2 heterocycles. The Labute approximate surface area is 109 Å². The van der Waals surface area contributed by atoms with E-state index in [1.54, 1.807) is 0 Å². The smallest absolute Gasteiger partial charge is 0.0714 e. The fraction of sp³-hybridized carbons (Fsp3) is 0.786. The molecule has 0 aliphatic carbocycles. The van der Waals surface area contributed by atoms with Crippen LogP contribution < -0.4 is 5.32 Å². The lowest BCUT2D eigenvalue weighted by molar-refractivity contribution is -0.0116. The van der Waals surface area contributed by atoms with Gasteiger partial charge < -0.3 is 10.4 Å². The van der Waals surface area contributed by atoms with Crippen molar-refractivity contribution in [2.24, 2.45) is 13.0 Å². The van der Waals surface area contributed by atoms with Crippen LogP contribution in [0.2, 0.25) is 0 Å². The van der Waals surface area contributed by atoms with Crippen LogP contribution in [0.3, 0.4) is 0 Å². The number of aliphatic hydroxyl groups is 1. The topological polar surface area (TPSA) is 50.1 Å². The van der Waals surface area contributed by atoms with Gasteiger partial charge >= 0.3 is 0 Å². The number of rotatable bonds is 4. The van der Waals surface area contributed by atoms with Crippen molar-refractivity contribution >= 4 is 0 Å². The molecule has 0 amide bonds. The maximum Gasteiger partial charge on any atom is 0.0714 e. The molecule has 4 heteroatoms. The zero-order chi connectivity index (χ0) is 13.2. The summed E-state index contributed by atoms with van der Waals surface area (Å²) in [6, 6.07) is 2.12. The van der Waals surface area contributed by atoms with E-state index in [0.717, 1.165) is 43.7 Å². The Bertz CT molecular complexity index is 392. The molecule has 2 unspecified atom stereocenters. The van der Waals surface area contributed by atoms with Crippen molar-refractivity contribution in [3.05, 3.63) is 17.5 Å². The molecule has 1 aromatic rings.